The van der Waals surface area contributed by atoms with E-state index in [1.807, 2.05) is 0 Å². The first-order valence-corrected chi connectivity index (χ1v) is 18.3. The second-order valence-electron chi connectivity index (χ2n) is 14.4. The Balaban J connectivity index is 1.10. The molecule has 0 unspecified atom stereocenters. The molecule has 0 saturated heterocycles. The fourth-order valence-corrected chi connectivity index (χ4v) is 9.08. The molecule has 0 atom stereocenters. The fourth-order valence-electron chi connectivity index (χ4n) is 9.08. The van der Waals surface area contributed by atoms with Crippen molar-refractivity contribution in [3.63, 3.8) is 0 Å². The van der Waals surface area contributed by atoms with Gasteiger partial charge in [-0.15, -0.1) is 0 Å². The molecule has 0 bridgehead atoms. The minimum atomic E-state index is -0.356. The first-order valence-electron chi connectivity index (χ1n) is 18.3. The zero-order chi connectivity index (χ0) is 35.1. The lowest BCUT2D eigenvalue weighted by Crippen LogP contribution is -2.27. The third kappa shape index (κ3) is 4.41. The molecular weight excluding hydrogens is 641 g/mol. The standard InChI is InChI=1S/C50H33BNO/c1-50(42-20-8-5-15-36(42)37-16-6-9-21-43(37)50)44-22-11-19-41-39-30-29-35(31-47(39)53-49(41)44)52(34-27-25-33(26-28-34)32-13-3-2-4-14-32)46-24-12-18-40-38-17-7-10-23-45(38)51-48(40)46/h2-31H,1H3. The first kappa shape index (κ1) is 30.1. The lowest BCUT2D eigenvalue weighted by atomic mass is 9.67. The van der Waals surface area contributed by atoms with Gasteiger partial charge in [0.15, 0.2) is 7.28 Å². The van der Waals surface area contributed by atoms with Gasteiger partial charge in [0.05, 0.1) is 0 Å². The molecule has 0 amide bonds. The number of rotatable bonds is 5. The normalized spacial score (nSPS) is 13.3. The number of nitrogens with zero attached hydrogens (tertiary/aromatic N) is 1. The van der Waals surface area contributed by atoms with E-state index in [1.54, 1.807) is 0 Å². The Hall–Kier alpha value is -6.58. The average molecular weight is 675 g/mol. The number of fused-ring (bicyclic) bond motifs is 9. The highest BCUT2D eigenvalue weighted by atomic mass is 16.3. The second-order valence-corrected chi connectivity index (χ2v) is 14.4. The molecule has 2 aliphatic rings. The van der Waals surface area contributed by atoms with E-state index in [0.29, 0.717) is 0 Å². The van der Waals surface area contributed by atoms with Crippen molar-refractivity contribution in [2.24, 2.45) is 0 Å². The third-order valence-electron chi connectivity index (χ3n) is 11.6. The summed E-state index contributed by atoms with van der Waals surface area (Å²) in [6.07, 6.45) is 0. The molecule has 1 aromatic heterocycles. The van der Waals surface area contributed by atoms with Crippen LogP contribution in [0.5, 0.6) is 0 Å². The number of hydrogen-bond acceptors (Lipinski definition) is 2. The van der Waals surface area contributed by atoms with Gasteiger partial charge in [-0.2, -0.15) is 0 Å². The maximum atomic E-state index is 7.04. The largest absolute Gasteiger partial charge is 0.456 e. The number of para-hydroxylation sites is 1. The van der Waals surface area contributed by atoms with Crippen LogP contribution in [0.4, 0.5) is 17.1 Å². The Morgan fingerprint density at radius 1 is 0.472 bits per heavy atom. The van der Waals surface area contributed by atoms with Crippen LogP contribution >= 0.6 is 0 Å². The predicted octanol–water partition coefficient (Wildman–Crippen LogP) is 11.7. The Kier molecular flexibility index (Phi) is 6.51. The van der Waals surface area contributed by atoms with Crippen LogP contribution in [0.15, 0.2) is 186 Å². The highest BCUT2D eigenvalue weighted by Gasteiger charge is 2.42. The summed E-state index contributed by atoms with van der Waals surface area (Å²) in [5.74, 6) is 0. The van der Waals surface area contributed by atoms with Gasteiger partial charge >= 0.3 is 0 Å². The van der Waals surface area contributed by atoms with E-state index in [-0.39, 0.29) is 5.41 Å². The summed E-state index contributed by atoms with van der Waals surface area (Å²) in [7, 11) is 2.33. The lowest BCUT2D eigenvalue weighted by molar-refractivity contribution is 0.638. The number of benzene rings is 8. The summed E-state index contributed by atoms with van der Waals surface area (Å²) in [6.45, 7) is 2.36. The van der Waals surface area contributed by atoms with Crippen molar-refractivity contribution in [2.75, 3.05) is 4.90 Å². The molecule has 0 fully saturated rings. The van der Waals surface area contributed by atoms with Gasteiger partial charge < -0.3 is 9.32 Å². The summed E-state index contributed by atoms with van der Waals surface area (Å²) >= 11 is 0. The Morgan fingerprint density at radius 3 is 1.85 bits per heavy atom. The van der Waals surface area contributed by atoms with Gasteiger partial charge in [0, 0.05) is 44.9 Å². The molecule has 53 heavy (non-hydrogen) atoms. The molecule has 1 radical (unpaired) electrons. The molecule has 0 saturated carbocycles. The highest BCUT2D eigenvalue weighted by Crippen LogP contribution is 2.54. The molecule has 11 rings (SSSR count). The van der Waals surface area contributed by atoms with Gasteiger partial charge in [0.2, 0.25) is 0 Å². The van der Waals surface area contributed by atoms with Gasteiger partial charge in [-0.3, -0.25) is 0 Å². The average Bonchev–Trinajstić information content (AvgIpc) is 3.87. The van der Waals surface area contributed by atoms with Crippen LogP contribution in [0.1, 0.15) is 23.6 Å². The zero-order valence-corrected chi connectivity index (χ0v) is 29.3. The maximum absolute atomic E-state index is 7.04. The smallest absolute Gasteiger partial charge is 0.195 e. The predicted molar refractivity (Wildman–Crippen MR) is 222 cm³/mol. The molecule has 2 nitrogen and oxygen atoms in total. The van der Waals surface area contributed by atoms with Crippen LogP contribution in [-0.2, 0) is 5.41 Å². The van der Waals surface area contributed by atoms with Crippen molar-refractivity contribution >= 4 is 57.2 Å². The second kappa shape index (κ2) is 11.5. The van der Waals surface area contributed by atoms with Crippen molar-refractivity contribution < 1.29 is 4.42 Å². The van der Waals surface area contributed by atoms with E-state index in [0.717, 1.165) is 39.0 Å². The lowest BCUT2D eigenvalue weighted by Gasteiger charge is -2.28. The van der Waals surface area contributed by atoms with Crippen molar-refractivity contribution in [2.45, 2.75) is 12.3 Å². The summed E-state index contributed by atoms with van der Waals surface area (Å²) in [5, 5.41) is 2.25. The van der Waals surface area contributed by atoms with Gasteiger partial charge in [-0.25, -0.2) is 0 Å². The van der Waals surface area contributed by atoms with Crippen molar-refractivity contribution in [3.8, 4) is 33.4 Å². The van der Waals surface area contributed by atoms with E-state index in [4.69, 9.17) is 4.42 Å². The highest BCUT2D eigenvalue weighted by molar-refractivity contribution is 6.75. The van der Waals surface area contributed by atoms with E-state index in [2.05, 4.69) is 201 Å². The van der Waals surface area contributed by atoms with Gasteiger partial charge in [0.25, 0.3) is 0 Å². The molecule has 3 heteroatoms. The van der Waals surface area contributed by atoms with Crippen LogP contribution in [0.2, 0.25) is 0 Å². The monoisotopic (exact) mass is 674 g/mol. The third-order valence-corrected chi connectivity index (χ3v) is 11.6. The van der Waals surface area contributed by atoms with Crippen LogP contribution in [0.3, 0.4) is 0 Å². The fraction of sp³-hybridized carbons (Fsp3) is 0.0400. The molecule has 1 aliphatic carbocycles. The van der Waals surface area contributed by atoms with E-state index < -0.39 is 0 Å². The summed E-state index contributed by atoms with van der Waals surface area (Å²) in [4.78, 5) is 2.38. The summed E-state index contributed by atoms with van der Waals surface area (Å²) in [6, 6.07) is 65.9. The van der Waals surface area contributed by atoms with E-state index in [1.165, 1.54) is 61.0 Å². The quantitative estimate of drug-likeness (QED) is 0.169. The van der Waals surface area contributed by atoms with Crippen LogP contribution in [0.25, 0.3) is 55.3 Å². The Morgan fingerprint density at radius 2 is 1.08 bits per heavy atom. The molecule has 0 spiro atoms. The molecule has 8 aromatic carbocycles. The minimum absolute atomic E-state index is 0.356. The zero-order valence-electron chi connectivity index (χ0n) is 29.3. The van der Waals surface area contributed by atoms with Crippen molar-refractivity contribution in [1.29, 1.82) is 0 Å². The summed E-state index contributed by atoms with van der Waals surface area (Å²) in [5.41, 5.74) is 18.5. The summed E-state index contributed by atoms with van der Waals surface area (Å²) < 4.78 is 7.04. The van der Waals surface area contributed by atoms with Crippen LogP contribution in [-0.4, -0.2) is 7.28 Å². The molecular formula is C50H33BNO. The van der Waals surface area contributed by atoms with Gasteiger partial charge in [0.1, 0.15) is 11.2 Å². The van der Waals surface area contributed by atoms with Crippen molar-refractivity contribution in [1.82, 2.24) is 0 Å². The molecule has 2 heterocycles. The van der Waals surface area contributed by atoms with Gasteiger partial charge in [-0.1, -0.05) is 157 Å². The Labute approximate surface area is 309 Å². The molecule has 247 valence electrons. The number of anilines is 3. The molecule has 1 aliphatic heterocycles. The number of furan rings is 1. The van der Waals surface area contributed by atoms with Crippen LogP contribution < -0.4 is 15.8 Å². The number of hydrogen-bond donors (Lipinski definition) is 0. The Bertz CT molecular complexity index is 2840. The van der Waals surface area contributed by atoms with Crippen molar-refractivity contribution in [3.05, 3.63) is 199 Å². The molecule has 9 aromatic rings. The minimum Gasteiger partial charge on any atom is -0.456 e. The van der Waals surface area contributed by atoms with E-state index in [9.17, 15) is 0 Å². The maximum Gasteiger partial charge on any atom is 0.195 e. The van der Waals surface area contributed by atoms with Gasteiger partial charge in [-0.05, 0) is 81.8 Å². The van der Waals surface area contributed by atoms with Crippen LogP contribution in [0, 0.1) is 0 Å². The topological polar surface area (TPSA) is 16.4 Å². The van der Waals surface area contributed by atoms with E-state index >= 15 is 0 Å². The SMILES string of the molecule is CC1(c2cccc3c2oc2cc(N(c4ccc(-c5ccccc5)cc4)c4cccc5c4[B]c4ccccc4-5)ccc23)c2ccccc2-c2ccccc21. The molecule has 0 N–H and O–H groups in total. The first-order chi connectivity index (χ1) is 26.2.